The molecule has 2 aromatic heterocycles. The molecule has 1 unspecified atom stereocenters. The number of hydrogen-bond donors (Lipinski definition) is 1. The van der Waals surface area contributed by atoms with Crippen LogP contribution in [0, 0.1) is 6.92 Å². The van der Waals surface area contributed by atoms with E-state index in [4.69, 9.17) is 13.9 Å². The zero-order valence-corrected chi connectivity index (χ0v) is 8.73. The van der Waals surface area contributed by atoms with Crippen molar-refractivity contribution < 1.29 is 13.9 Å². The first-order chi connectivity index (χ1) is 7.20. The van der Waals surface area contributed by atoms with Crippen molar-refractivity contribution in [2.45, 2.75) is 19.8 Å². The lowest BCUT2D eigenvalue weighted by molar-refractivity contribution is 0.271. The minimum absolute atomic E-state index is 0.0152. The Morgan fingerprint density at radius 3 is 2.87 bits per heavy atom. The first-order valence-corrected chi connectivity index (χ1v) is 4.84. The molecule has 0 aliphatic heterocycles. The SMILES string of the molecule is Cc1ccc(-c2nc(C(C)CO)co2)o1. The quantitative estimate of drug-likeness (QED) is 0.839. The van der Waals surface area contributed by atoms with Crippen molar-refractivity contribution in [1.82, 2.24) is 4.98 Å². The Kier molecular flexibility index (Phi) is 2.60. The van der Waals surface area contributed by atoms with Gasteiger partial charge in [-0.1, -0.05) is 6.92 Å². The molecule has 15 heavy (non-hydrogen) atoms. The van der Waals surface area contributed by atoms with Gasteiger partial charge >= 0.3 is 0 Å². The van der Waals surface area contributed by atoms with Gasteiger partial charge in [0.1, 0.15) is 12.0 Å². The van der Waals surface area contributed by atoms with Crippen molar-refractivity contribution >= 4 is 0 Å². The van der Waals surface area contributed by atoms with Gasteiger partial charge in [0.2, 0.25) is 0 Å². The zero-order chi connectivity index (χ0) is 10.8. The lowest BCUT2D eigenvalue weighted by atomic mass is 10.1. The molecule has 4 heteroatoms. The summed E-state index contributed by atoms with van der Waals surface area (Å²) < 4.78 is 10.6. The van der Waals surface area contributed by atoms with Gasteiger partial charge in [-0.2, -0.15) is 0 Å². The zero-order valence-electron chi connectivity index (χ0n) is 8.73. The molecule has 1 atom stereocenters. The van der Waals surface area contributed by atoms with E-state index >= 15 is 0 Å². The lowest BCUT2D eigenvalue weighted by Gasteiger charge is -1.99. The first-order valence-electron chi connectivity index (χ1n) is 4.84. The summed E-state index contributed by atoms with van der Waals surface area (Å²) in [5.41, 5.74) is 0.738. The van der Waals surface area contributed by atoms with E-state index in [1.54, 1.807) is 6.26 Å². The van der Waals surface area contributed by atoms with Crippen molar-refractivity contribution in [2.24, 2.45) is 0 Å². The second-order valence-corrected chi connectivity index (χ2v) is 3.57. The molecule has 0 radical (unpaired) electrons. The maximum absolute atomic E-state index is 8.97. The first kappa shape index (κ1) is 9.98. The van der Waals surface area contributed by atoms with Crippen LogP contribution in [-0.2, 0) is 0 Å². The maximum atomic E-state index is 8.97. The summed E-state index contributed by atoms with van der Waals surface area (Å²) in [7, 11) is 0. The van der Waals surface area contributed by atoms with Crippen LogP contribution in [0.25, 0.3) is 11.7 Å². The Hall–Kier alpha value is -1.55. The van der Waals surface area contributed by atoms with Crippen LogP contribution in [0.5, 0.6) is 0 Å². The molecule has 2 heterocycles. The molecule has 0 saturated heterocycles. The second-order valence-electron chi connectivity index (χ2n) is 3.57. The van der Waals surface area contributed by atoms with E-state index < -0.39 is 0 Å². The number of nitrogens with zero attached hydrogens (tertiary/aromatic N) is 1. The van der Waals surface area contributed by atoms with Crippen LogP contribution in [0.4, 0.5) is 0 Å². The number of aliphatic hydroxyl groups is 1. The minimum Gasteiger partial charge on any atom is -0.456 e. The summed E-state index contributed by atoms with van der Waals surface area (Å²) in [6, 6.07) is 3.67. The molecule has 0 fully saturated rings. The summed E-state index contributed by atoms with van der Waals surface area (Å²) in [5.74, 6) is 1.88. The number of aliphatic hydroxyl groups excluding tert-OH is 1. The summed E-state index contributed by atoms with van der Waals surface area (Å²) in [4.78, 5) is 4.24. The van der Waals surface area contributed by atoms with Gasteiger partial charge in [-0.05, 0) is 19.1 Å². The molecular weight excluding hydrogens is 194 g/mol. The number of furan rings is 1. The molecule has 80 valence electrons. The Labute approximate surface area is 87.6 Å². The molecule has 0 spiro atoms. The molecule has 0 aliphatic rings. The standard InChI is InChI=1S/C11H13NO3/c1-7(5-13)9-6-14-11(12-9)10-4-3-8(2)15-10/h3-4,6-7,13H,5H2,1-2H3. The van der Waals surface area contributed by atoms with E-state index in [9.17, 15) is 0 Å². The third kappa shape index (κ3) is 1.94. The highest BCUT2D eigenvalue weighted by Gasteiger charge is 2.13. The van der Waals surface area contributed by atoms with Crippen LogP contribution in [-0.4, -0.2) is 16.7 Å². The fourth-order valence-electron chi connectivity index (χ4n) is 1.27. The topological polar surface area (TPSA) is 59.4 Å². The van der Waals surface area contributed by atoms with E-state index in [-0.39, 0.29) is 12.5 Å². The average Bonchev–Trinajstić information content (AvgIpc) is 2.84. The van der Waals surface area contributed by atoms with Gasteiger partial charge in [0.25, 0.3) is 5.89 Å². The number of aromatic nitrogens is 1. The predicted octanol–water partition coefficient (Wildman–Crippen LogP) is 2.34. The molecule has 1 N–H and O–H groups in total. The maximum Gasteiger partial charge on any atom is 0.263 e. The van der Waals surface area contributed by atoms with E-state index in [0.717, 1.165) is 11.5 Å². The number of rotatable bonds is 3. The predicted molar refractivity (Wildman–Crippen MR) is 54.4 cm³/mol. The molecule has 2 rings (SSSR count). The van der Waals surface area contributed by atoms with E-state index in [1.807, 2.05) is 26.0 Å². The monoisotopic (exact) mass is 207 g/mol. The number of aryl methyl sites for hydroxylation is 1. The van der Waals surface area contributed by atoms with Gasteiger partial charge < -0.3 is 13.9 Å². The summed E-state index contributed by atoms with van der Waals surface area (Å²) in [5, 5.41) is 8.97. The minimum atomic E-state index is -0.0152. The highest BCUT2D eigenvalue weighted by Crippen LogP contribution is 2.23. The van der Waals surface area contributed by atoms with Gasteiger partial charge in [0, 0.05) is 5.92 Å². The molecule has 0 aromatic carbocycles. The smallest absolute Gasteiger partial charge is 0.263 e. The molecule has 0 bridgehead atoms. The molecular formula is C11H13NO3. The van der Waals surface area contributed by atoms with Gasteiger partial charge in [0.15, 0.2) is 5.76 Å². The van der Waals surface area contributed by atoms with E-state index in [2.05, 4.69) is 4.98 Å². The third-order valence-corrected chi connectivity index (χ3v) is 2.25. The fourth-order valence-corrected chi connectivity index (χ4v) is 1.27. The van der Waals surface area contributed by atoms with Crippen LogP contribution < -0.4 is 0 Å². The normalized spacial score (nSPS) is 13.0. The van der Waals surface area contributed by atoms with Crippen LogP contribution in [0.1, 0.15) is 24.3 Å². The summed E-state index contributed by atoms with van der Waals surface area (Å²) in [6.07, 6.45) is 1.55. The number of oxazole rings is 1. The van der Waals surface area contributed by atoms with Gasteiger partial charge in [-0.25, -0.2) is 4.98 Å². The van der Waals surface area contributed by atoms with Gasteiger partial charge in [0.05, 0.1) is 12.3 Å². The Morgan fingerprint density at radius 2 is 2.27 bits per heavy atom. The Morgan fingerprint density at radius 1 is 1.47 bits per heavy atom. The van der Waals surface area contributed by atoms with Crippen LogP contribution in [0.2, 0.25) is 0 Å². The number of hydrogen-bond acceptors (Lipinski definition) is 4. The van der Waals surface area contributed by atoms with Crippen molar-refractivity contribution in [3.63, 3.8) is 0 Å². The van der Waals surface area contributed by atoms with Crippen molar-refractivity contribution in [2.75, 3.05) is 6.61 Å². The summed E-state index contributed by atoms with van der Waals surface area (Å²) in [6.45, 7) is 3.81. The molecule has 4 nitrogen and oxygen atoms in total. The van der Waals surface area contributed by atoms with Crippen molar-refractivity contribution in [3.05, 3.63) is 29.9 Å². The van der Waals surface area contributed by atoms with Gasteiger partial charge in [-0.15, -0.1) is 0 Å². The summed E-state index contributed by atoms with van der Waals surface area (Å²) >= 11 is 0. The van der Waals surface area contributed by atoms with Crippen LogP contribution in [0.15, 0.2) is 27.2 Å². The highest BCUT2D eigenvalue weighted by atomic mass is 16.4. The average molecular weight is 207 g/mol. The largest absolute Gasteiger partial charge is 0.456 e. The van der Waals surface area contributed by atoms with Crippen molar-refractivity contribution in [3.8, 4) is 11.7 Å². The lowest BCUT2D eigenvalue weighted by Crippen LogP contribution is -1.98. The van der Waals surface area contributed by atoms with Crippen LogP contribution >= 0.6 is 0 Å². The Bertz CT molecular complexity index is 444. The van der Waals surface area contributed by atoms with Crippen LogP contribution in [0.3, 0.4) is 0 Å². The highest BCUT2D eigenvalue weighted by molar-refractivity contribution is 5.44. The molecule has 0 aliphatic carbocycles. The van der Waals surface area contributed by atoms with E-state index in [1.165, 1.54) is 0 Å². The Balaban J connectivity index is 2.27. The second kappa shape index (κ2) is 3.90. The third-order valence-electron chi connectivity index (χ3n) is 2.25. The molecule has 2 aromatic rings. The molecule has 0 saturated carbocycles. The van der Waals surface area contributed by atoms with Crippen molar-refractivity contribution in [1.29, 1.82) is 0 Å². The molecule has 0 amide bonds. The van der Waals surface area contributed by atoms with Gasteiger partial charge in [-0.3, -0.25) is 0 Å². The fraction of sp³-hybridized carbons (Fsp3) is 0.364. The van der Waals surface area contributed by atoms with E-state index in [0.29, 0.717) is 11.7 Å².